The Hall–Kier alpha value is -7.62. The van der Waals surface area contributed by atoms with Crippen LogP contribution in [0.5, 0.6) is 5.75 Å². The van der Waals surface area contributed by atoms with Crippen LogP contribution in [0, 0.1) is 5.92 Å². The summed E-state index contributed by atoms with van der Waals surface area (Å²) < 4.78 is 7.29. The van der Waals surface area contributed by atoms with Crippen LogP contribution in [0.15, 0.2) is 230 Å². The molecule has 63 heavy (non-hydrogen) atoms. The highest BCUT2D eigenvalue weighted by atomic mass is 16.5. The first-order chi connectivity index (χ1) is 31.2. The number of hydrogen-bond donors (Lipinski definition) is 0. The molecule has 4 aliphatic carbocycles. The number of allylic oxidation sites excluding steroid dienone is 6. The summed E-state index contributed by atoms with van der Waals surface area (Å²) in [6.45, 7) is 0. The first kappa shape index (κ1) is 37.2. The summed E-state index contributed by atoms with van der Waals surface area (Å²) in [4.78, 5) is 5.05. The van der Waals surface area contributed by atoms with E-state index in [1.165, 1.54) is 60.3 Å². The molecule has 7 aromatic carbocycles. The lowest BCUT2D eigenvalue weighted by atomic mass is 9.74. The Morgan fingerprint density at radius 1 is 0.556 bits per heavy atom. The molecule has 0 spiro atoms. The molecule has 3 heteroatoms. The van der Waals surface area contributed by atoms with Gasteiger partial charge in [-0.15, -0.1) is 0 Å². The zero-order valence-electron chi connectivity index (χ0n) is 35.0. The SMILES string of the molecule is C1=CC2=CC(N(C3C=CC(c4ccccc4)=CC3)C3C=c4ccccc4=CC3)=CC3Oc4cc(N(c5ccc(-c6ccccc6)cc5)c5cccc6ccccc56)ccc4C(=C1)C23. The number of rotatable bonds is 8. The van der Waals surface area contributed by atoms with Crippen LogP contribution in [0.4, 0.5) is 17.1 Å². The van der Waals surface area contributed by atoms with Crippen molar-refractivity contribution in [2.75, 3.05) is 4.90 Å². The monoisotopic (exact) mass is 810 g/mol. The van der Waals surface area contributed by atoms with Gasteiger partial charge in [-0.05, 0) is 105 Å². The van der Waals surface area contributed by atoms with Gasteiger partial charge in [-0.3, -0.25) is 0 Å². The minimum atomic E-state index is -0.166. The molecule has 1 aliphatic heterocycles. The molecule has 7 aromatic rings. The van der Waals surface area contributed by atoms with Gasteiger partial charge in [-0.1, -0.05) is 182 Å². The highest BCUT2D eigenvalue weighted by Gasteiger charge is 2.40. The maximum Gasteiger partial charge on any atom is 0.130 e. The maximum atomic E-state index is 7.29. The molecule has 3 nitrogen and oxygen atoms in total. The van der Waals surface area contributed by atoms with Crippen LogP contribution in [0.25, 0.3) is 45.2 Å². The van der Waals surface area contributed by atoms with E-state index in [0.29, 0.717) is 0 Å². The predicted octanol–water partition coefficient (Wildman–Crippen LogP) is 12.9. The molecule has 4 unspecified atom stereocenters. The van der Waals surface area contributed by atoms with Gasteiger partial charge in [0.1, 0.15) is 11.9 Å². The van der Waals surface area contributed by atoms with Crippen LogP contribution in [0.1, 0.15) is 24.0 Å². The highest BCUT2D eigenvalue weighted by Crippen LogP contribution is 2.50. The molecule has 0 saturated heterocycles. The molecule has 0 amide bonds. The van der Waals surface area contributed by atoms with E-state index in [0.717, 1.165) is 41.2 Å². The van der Waals surface area contributed by atoms with Crippen molar-refractivity contribution in [3.63, 3.8) is 0 Å². The van der Waals surface area contributed by atoms with Crippen molar-refractivity contribution >= 4 is 51.1 Å². The van der Waals surface area contributed by atoms with E-state index in [4.69, 9.17) is 4.74 Å². The lowest BCUT2D eigenvalue weighted by Gasteiger charge is -2.44. The van der Waals surface area contributed by atoms with E-state index < -0.39 is 0 Å². The van der Waals surface area contributed by atoms with Gasteiger partial charge >= 0.3 is 0 Å². The molecule has 0 saturated carbocycles. The van der Waals surface area contributed by atoms with Gasteiger partial charge < -0.3 is 14.5 Å². The van der Waals surface area contributed by atoms with Gasteiger partial charge in [0.25, 0.3) is 0 Å². The molecule has 0 bridgehead atoms. The summed E-state index contributed by atoms with van der Waals surface area (Å²) in [7, 11) is 0. The first-order valence-corrected chi connectivity index (χ1v) is 22.3. The van der Waals surface area contributed by atoms with Crippen molar-refractivity contribution in [3.8, 4) is 16.9 Å². The summed E-state index contributed by atoms with van der Waals surface area (Å²) in [6.07, 6.45) is 25.4. The van der Waals surface area contributed by atoms with E-state index in [9.17, 15) is 0 Å². The van der Waals surface area contributed by atoms with Crippen LogP contribution in [-0.2, 0) is 0 Å². The Morgan fingerprint density at radius 3 is 2.10 bits per heavy atom. The van der Waals surface area contributed by atoms with E-state index in [2.05, 4.69) is 240 Å². The van der Waals surface area contributed by atoms with Crippen LogP contribution in [0.2, 0.25) is 0 Å². The molecule has 0 fully saturated rings. The van der Waals surface area contributed by atoms with E-state index >= 15 is 0 Å². The Balaban J connectivity index is 0.942. The van der Waals surface area contributed by atoms with Gasteiger partial charge in [0.05, 0.1) is 23.7 Å². The number of anilines is 3. The predicted molar refractivity (Wildman–Crippen MR) is 262 cm³/mol. The second-order valence-electron chi connectivity index (χ2n) is 17.1. The van der Waals surface area contributed by atoms with E-state index in [1.807, 2.05) is 0 Å². The third-order valence-electron chi connectivity index (χ3n) is 13.4. The fourth-order valence-electron chi connectivity index (χ4n) is 10.4. The fourth-order valence-corrected chi connectivity index (χ4v) is 10.4. The Morgan fingerprint density at radius 2 is 1.27 bits per heavy atom. The van der Waals surface area contributed by atoms with Gasteiger partial charge in [-0.2, -0.15) is 0 Å². The van der Waals surface area contributed by atoms with Gasteiger partial charge in [-0.25, -0.2) is 0 Å². The third-order valence-corrected chi connectivity index (χ3v) is 13.4. The lowest BCUT2D eigenvalue weighted by Crippen LogP contribution is -2.46. The molecule has 1 heterocycles. The summed E-state index contributed by atoms with van der Waals surface area (Å²) in [5.74, 6) is 1.03. The van der Waals surface area contributed by atoms with Crippen molar-refractivity contribution in [2.24, 2.45) is 5.92 Å². The van der Waals surface area contributed by atoms with Crippen molar-refractivity contribution < 1.29 is 4.74 Å². The van der Waals surface area contributed by atoms with E-state index in [-0.39, 0.29) is 24.1 Å². The smallest absolute Gasteiger partial charge is 0.130 e. The number of hydrogen-bond acceptors (Lipinski definition) is 3. The standard InChI is InChI=1S/C60H46N2O/c1-3-13-41(14-4-1)44-25-30-49(31-26-44)61(51-34-29-43-17-7-8-19-47(43)37-51)53-38-48-21-11-23-56-55-36-35-52(39-58(55)63-59(40-53)60(48)56)62(57-24-12-20-46-18-9-10-22-54(46)57)50-32-27-45(28-33-50)42-15-5-2-6-16-42/h1-30,32-33,35-40,49,51,59-60H,31,34H2. The Kier molecular flexibility index (Phi) is 9.26. The minimum absolute atomic E-state index is 0.118. The fraction of sp³-hybridized carbons (Fsp3) is 0.100. The second kappa shape index (κ2) is 15.7. The highest BCUT2D eigenvalue weighted by molar-refractivity contribution is 5.99. The summed E-state index contributed by atoms with van der Waals surface area (Å²) in [5.41, 5.74) is 13.2. The summed E-state index contributed by atoms with van der Waals surface area (Å²) in [6, 6.07) is 61.5. The Labute approximate surface area is 369 Å². The van der Waals surface area contributed by atoms with Crippen molar-refractivity contribution in [1.82, 2.24) is 4.90 Å². The molecule has 12 rings (SSSR count). The molecule has 0 N–H and O–H groups in total. The summed E-state index contributed by atoms with van der Waals surface area (Å²) in [5, 5.41) is 5.01. The average molecular weight is 811 g/mol. The molecule has 302 valence electrons. The molecular formula is C60H46N2O. The van der Waals surface area contributed by atoms with Crippen LogP contribution in [-0.4, -0.2) is 23.1 Å². The topological polar surface area (TPSA) is 15.7 Å². The molecular weight excluding hydrogens is 765 g/mol. The van der Waals surface area contributed by atoms with Crippen molar-refractivity contribution in [3.05, 3.63) is 251 Å². The molecule has 4 atom stereocenters. The first-order valence-electron chi connectivity index (χ1n) is 22.3. The molecule has 0 aromatic heterocycles. The second-order valence-corrected chi connectivity index (χ2v) is 17.1. The molecule has 0 radical (unpaired) electrons. The van der Waals surface area contributed by atoms with Gasteiger partial charge in [0.2, 0.25) is 0 Å². The van der Waals surface area contributed by atoms with Crippen molar-refractivity contribution in [1.29, 1.82) is 0 Å². The van der Waals surface area contributed by atoms with Crippen molar-refractivity contribution in [2.45, 2.75) is 31.0 Å². The molecule has 5 aliphatic rings. The zero-order valence-corrected chi connectivity index (χ0v) is 35.0. The average Bonchev–Trinajstić information content (AvgIpc) is 3.35. The number of fused-ring (bicyclic) bond motifs is 4. The van der Waals surface area contributed by atoms with Crippen LogP contribution >= 0.6 is 0 Å². The largest absolute Gasteiger partial charge is 0.485 e. The maximum absolute atomic E-state index is 7.29. The third kappa shape index (κ3) is 6.78. The minimum Gasteiger partial charge on any atom is -0.485 e. The quantitative estimate of drug-likeness (QED) is 0.152. The normalized spacial score (nSPS) is 20.3. The number of benzene rings is 7. The number of nitrogens with zero attached hydrogens (tertiary/aromatic N) is 2. The number of ether oxygens (including phenoxy) is 1. The van der Waals surface area contributed by atoms with Gasteiger partial charge in [0.15, 0.2) is 0 Å². The lowest BCUT2D eigenvalue weighted by molar-refractivity contribution is 0.197. The van der Waals surface area contributed by atoms with E-state index in [1.54, 1.807) is 0 Å². The van der Waals surface area contributed by atoms with Gasteiger partial charge in [0, 0.05) is 34.1 Å². The van der Waals surface area contributed by atoms with Crippen LogP contribution in [0.3, 0.4) is 0 Å². The van der Waals surface area contributed by atoms with Crippen LogP contribution < -0.4 is 20.1 Å². The Bertz CT molecular complexity index is 3220. The zero-order chi connectivity index (χ0) is 41.7. The summed E-state index contributed by atoms with van der Waals surface area (Å²) >= 11 is 0.